The highest BCUT2D eigenvalue weighted by Gasteiger charge is 2.48. The summed E-state index contributed by atoms with van der Waals surface area (Å²) >= 11 is 0. The first kappa shape index (κ1) is 12.0. The van der Waals surface area contributed by atoms with E-state index in [1.54, 1.807) is 6.92 Å². The lowest BCUT2D eigenvalue weighted by molar-refractivity contribution is -0.115. The molecule has 3 atom stereocenters. The van der Waals surface area contributed by atoms with Crippen molar-refractivity contribution < 1.29 is 9.84 Å². The largest absolute Gasteiger partial charge is 0.392 e. The van der Waals surface area contributed by atoms with Gasteiger partial charge in [0, 0.05) is 24.6 Å². The number of ether oxygens (including phenoxy) is 1. The van der Waals surface area contributed by atoms with Crippen LogP contribution in [0.1, 0.15) is 34.1 Å². The highest BCUT2D eigenvalue weighted by Crippen LogP contribution is 2.42. The molecular weight excluding hydrogens is 178 g/mol. The van der Waals surface area contributed by atoms with Crippen molar-refractivity contribution in [2.75, 3.05) is 13.2 Å². The van der Waals surface area contributed by atoms with Gasteiger partial charge in [-0.1, -0.05) is 13.8 Å². The zero-order valence-corrected chi connectivity index (χ0v) is 9.71. The maximum absolute atomic E-state index is 9.17. The van der Waals surface area contributed by atoms with Crippen LogP contribution in [0.3, 0.4) is 0 Å². The third kappa shape index (κ3) is 2.47. The summed E-state index contributed by atoms with van der Waals surface area (Å²) in [6.07, 6.45) is 1.17. The van der Waals surface area contributed by atoms with Gasteiger partial charge >= 0.3 is 0 Å². The van der Waals surface area contributed by atoms with Gasteiger partial charge in [-0.2, -0.15) is 0 Å². The Balaban J connectivity index is 2.31. The van der Waals surface area contributed by atoms with Crippen molar-refractivity contribution in [1.29, 1.82) is 0 Å². The third-order valence-electron chi connectivity index (χ3n) is 3.21. The minimum atomic E-state index is -0.267. The van der Waals surface area contributed by atoms with E-state index in [1.807, 2.05) is 6.92 Å². The molecule has 3 heteroatoms. The smallest absolute Gasteiger partial charge is 0.0655 e. The van der Waals surface area contributed by atoms with Crippen molar-refractivity contribution in [3.63, 3.8) is 0 Å². The van der Waals surface area contributed by atoms with Crippen LogP contribution in [-0.4, -0.2) is 36.5 Å². The Morgan fingerprint density at radius 2 is 2.21 bits per heavy atom. The lowest BCUT2D eigenvalue weighted by Gasteiger charge is -2.52. The van der Waals surface area contributed by atoms with Crippen molar-refractivity contribution in [1.82, 2.24) is 5.32 Å². The van der Waals surface area contributed by atoms with E-state index in [0.717, 1.165) is 13.0 Å². The van der Waals surface area contributed by atoms with Gasteiger partial charge in [-0.05, 0) is 20.3 Å². The van der Waals surface area contributed by atoms with Gasteiger partial charge in [-0.3, -0.25) is 0 Å². The van der Waals surface area contributed by atoms with Crippen molar-refractivity contribution >= 4 is 0 Å². The van der Waals surface area contributed by atoms with E-state index in [0.29, 0.717) is 18.7 Å². The van der Waals surface area contributed by atoms with E-state index in [2.05, 4.69) is 19.2 Å². The Morgan fingerprint density at radius 1 is 1.57 bits per heavy atom. The van der Waals surface area contributed by atoms with Crippen molar-refractivity contribution in [3.05, 3.63) is 0 Å². The molecule has 0 aromatic rings. The first-order valence-corrected chi connectivity index (χ1v) is 5.51. The van der Waals surface area contributed by atoms with Gasteiger partial charge in [0.1, 0.15) is 0 Å². The van der Waals surface area contributed by atoms with Crippen LogP contribution in [0.25, 0.3) is 0 Å². The van der Waals surface area contributed by atoms with E-state index in [4.69, 9.17) is 9.84 Å². The molecule has 2 N–H and O–H groups in total. The Kier molecular flexibility index (Phi) is 3.93. The van der Waals surface area contributed by atoms with Crippen LogP contribution in [0.4, 0.5) is 0 Å². The Hall–Kier alpha value is -0.120. The van der Waals surface area contributed by atoms with Crippen LogP contribution in [0.5, 0.6) is 0 Å². The van der Waals surface area contributed by atoms with Gasteiger partial charge in [0.15, 0.2) is 0 Å². The average molecular weight is 201 g/mol. The SMILES string of the molecule is CCOC1CC(NC[C@H](C)O)C1(C)C. The average Bonchev–Trinajstić information content (AvgIpc) is 2.09. The van der Waals surface area contributed by atoms with Gasteiger partial charge in [-0.15, -0.1) is 0 Å². The van der Waals surface area contributed by atoms with E-state index in [9.17, 15) is 0 Å². The quantitative estimate of drug-likeness (QED) is 0.701. The van der Waals surface area contributed by atoms with Crippen molar-refractivity contribution in [2.24, 2.45) is 5.41 Å². The van der Waals surface area contributed by atoms with Gasteiger partial charge in [-0.25, -0.2) is 0 Å². The Labute approximate surface area is 86.8 Å². The molecule has 3 nitrogen and oxygen atoms in total. The maximum Gasteiger partial charge on any atom is 0.0655 e. The summed E-state index contributed by atoms with van der Waals surface area (Å²) in [5.41, 5.74) is 0.199. The minimum absolute atomic E-state index is 0.199. The predicted molar refractivity (Wildman–Crippen MR) is 57.3 cm³/mol. The van der Waals surface area contributed by atoms with E-state index in [-0.39, 0.29) is 11.5 Å². The molecule has 1 aliphatic carbocycles. The molecule has 1 fully saturated rings. The lowest BCUT2D eigenvalue weighted by Crippen LogP contribution is -2.61. The van der Waals surface area contributed by atoms with Gasteiger partial charge in [0.05, 0.1) is 12.2 Å². The normalized spacial score (nSPS) is 32.4. The molecule has 0 saturated heterocycles. The molecule has 0 bridgehead atoms. The van der Waals surface area contributed by atoms with Crippen molar-refractivity contribution in [3.8, 4) is 0 Å². The summed E-state index contributed by atoms with van der Waals surface area (Å²) in [5, 5.41) is 12.5. The van der Waals surface area contributed by atoms with E-state index in [1.165, 1.54) is 0 Å². The number of hydrogen-bond donors (Lipinski definition) is 2. The number of hydrogen-bond acceptors (Lipinski definition) is 3. The molecule has 1 aliphatic rings. The standard InChI is InChI=1S/C11H23NO2/c1-5-14-10-6-9(11(10,3)4)12-7-8(2)13/h8-10,12-13H,5-7H2,1-4H3/t8-,9?,10?/m0/s1. The Bertz CT molecular complexity index is 180. The summed E-state index contributed by atoms with van der Waals surface area (Å²) in [6, 6.07) is 0.480. The van der Waals surface area contributed by atoms with Crippen LogP contribution in [0.15, 0.2) is 0 Å². The molecule has 0 aliphatic heterocycles. The van der Waals surface area contributed by atoms with Gasteiger partial charge in [0.2, 0.25) is 0 Å². The summed E-state index contributed by atoms with van der Waals surface area (Å²) in [4.78, 5) is 0. The summed E-state index contributed by atoms with van der Waals surface area (Å²) in [6.45, 7) is 9.74. The lowest BCUT2D eigenvalue weighted by atomic mass is 9.64. The monoisotopic (exact) mass is 201 g/mol. The first-order valence-electron chi connectivity index (χ1n) is 5.51. The third-order valence-corrected chi connectivity index (χ3v) is 3.21. The van der Waals surface area contributed by atoms with Crippen LogP contribution in [0, 0.1) is 5.41 Å². The molecule has 0 heterocycles. The molecule has 0 aromatic heterocycles. The van der Waals surface area contributed by atoms with Crippen LogP contribution < -0.4 is 5.32 Å². The fourth-order valence-corrected chi connectivity index (χ4v) is 2.03. The molecule has 0 radical (unpaired) electrons. The Morgan fingerprint density at radius 3 is 2.64 bits per heavy atom. The van der Waals surface area contributed by atoms with Crippen LogP contribution in [0.2, 0.25) is 0 Å². The fourth-order valence-electron chi connectivity index (χ4n) is 2.03. The van der Waals surface area contributed by atoms with Gasteiger partial charge in [0.25, 0.3) is 0 Å². The zero-order valence-electron chi connectivity index (χ0n) is 9.71. The molecule has 14 heavy (non-hydrogen) atoms. The van der Waals surface area contributed by atoms with E-state index >= 15 is 0 Å². The first-order chi connectivity index (χ1) is 6.48. The molecule has 1 rings (SSSR count). The van der Waals surface area contributed by atoms with Gasteiger partial charge < -0.3 is 15.2 Å². The molecular formula is C11H23NO2. The van der Waals surface area contributed by atoms with Crippen LogP contribution in [-0.2, 0) is 4.74 Å². The summed E-state index contributed by atoms with van der Waals surface area (Å²) < 4.78 is 5.63. The predicted octanol–water partition coefficient (Wildman–Crippen LogP) is 1.16. The summed E-state index contributed by atoms with van der Waals surface area (Å²) in [7, 11) is 0. The second-order valence-corrected chi connectivity index (χ2v) is 4.81. The van der Waals surface area contributed by atoms with E-state index < -0.39 is 0 Å². The van der Waals surface area contributed by atoms with Crippen molar-refractivity contribution in [2.45, 2.75) is 52.4 Å². The molecule has 0 amide bonds. The topological polar surface area (TPSA) is 41.5 Å². The second-order valence-electron chi connectivity index (χ2n) is 4.81. The highest BCUT2D eigenvalue weighted by atomic mass is 16.5. The number of aliphatic hydroxyl groups is 1. The number of nitrogens with one attached hydrogen (secondary N) is 1. The molecule has 2 unspecified atom stereocenters. The molecule has 0 aromatic carbocycles. The minimum Gasteiger partial charge on any atom is -0.392 e. The zero-order chi connectivity index (χ0) is 10.8. The maximum atomic E-state index is 9.17. The second kappa shape index (κ2) is 4.60. The molecule has 1 saturated carbocycles. The number of rotatable bonds is 5. The molecule has 84 valence electrons. The fraction of sp³-hybridized carbons (Fsp3) is 1.00. The number of aliphatic hydroxyl groups excluding tert-OH is 1. The molecule has 0 spiro atoms. The van der Waals surface area contributed by atoms with Crippen LogP contribution >= 0.6 is 0 Å². The summed E-state index contributed by atoms with van der Waals surface area (Å²) in [5.74, 6) is 0. The highest BCUT2D eigenvalue weighted by molar-refractivity contribution is 5.02.